The van der Waals surface area contributed by atoms with Crippen LogP contribution in [0.1, 0.15) is 26.2 Å². The number of rotatable bonds is 5. The van der Waals surface area contributed by atoms with Crippen molar-refractivity contribution in [2.75, 3.05) is 39.9 Å². The van der Waals surface area contributed by atoms with E-state index in [1.54, 1.807) is 16.9 Å². The Morgan fingerprint density at radius 2 is 2.18 bits per heavy atom. The van der Waals surface area contributed by atoms with Crippen molar-refractivity contribution in [3.63, 3.8) is 0 Å². The van der Waals surface area contributed by atoms with E-state index in [1.807, 2.05) is 6.92 Å². The van der Waals surface area contributed by atoms with Gasteiger partial charge in [-0.05, 0) is 12.8 Å². The van der Waals surface area contributed by atoms with Crippen LogP contribution in [0, 0.1) is 0 Å². The molecule has 5 heteroatoms. The van der Waals surface area contributed by atoms with Crippen LogP contribution in [0.2, 0.25) is 0 Å². The van der Waals surface area contributed by atoms with Crippen molar-refractivity contribution in [2.45, 2.75) is 26.2 Å². The maximum atomic E-state index is 11.9. The molecule has 1 aliphatic rings. The van der Waals surface area contributed by atoms with Gasteiger partial charge in [0.2, 0.25) is 11.8 Å². The standard InChI is InChI=1S/C12H22N2O3/c1-3-5-11(15)14-7-4-6-13(8-9-17-2)12(16)10-14/h3-10H2,1-2H3. The van der Waals surface area contributed by atoms with Gasteiger partial charge >= 0.3 is 0 Å². The molecule has 0 bridgehead atoms. The average Bonchev–Trinajstić information content (AvgIpc) is 2.49. The molecule has 1 aliphatic heterocycles. The maximum absolute atomic E-state index is 11.9. The maximum Gasteiger partial charge on any atom is 0.242 e. The van der Waals surface area contributed by atoms with E-state index in [9.17, 15) is 9.59 Å². The average molecular weight is 242 g/mol. The zero-order valence-corrected chi connectivity index (χ0v) is 10.8. The van der Waals surface area contributed by atoms with E-state index >= 15 is 0 Å². The number of nitrogens with zero attached hydrogens (tertiary/aromatic N) is 2. The Kier molecular flexibility index (Phi) is 5.97. The van der Waals surface area contributed by atoms with Gasteiger partial charge in [-0.25, -0.2) is 0 Å². The number of hydrogen-bond donors (Lipinski definition) is 0. The van der Waals surface area contributed by atoms with Crippen molar-refractivity contribution in [1.82, 2.24) is 9.80 Å². The van der Waals surface area contributed by atoms with Crippen LogP contribution in [-0.4, -0.2) is 61.5 Å². The molecule has 0 aromatic heterocycles. The molecule has 0 aromatic rings. The molecule has 1 fully saturated rings. The highest BCUT2D eigenvalue weighted by Gasteiger charge is 2.23. The molecular formula is C12H22N2O3. The molecular weight excluding hydrogens is 220 g/mol. The van der Waals surface area contributed by atoms with Crippen molar-refractivity contribution >= 4 is 11.8 Å². The number of carbonyl (C=O) groups excluding carboxylic acids is 2. The van der Waals surface area contributed by atoms with Crippen LogP contribution < -0.4 is 0 Å². The first kappa shape index (κ1) is 14.0. The van der Waals surface area contributed by atoms with Crippen LogP contribution in [0.15, 0.2) is 0 Å². The lowest BCUT2D eigenvalue weighted by Gasteiger charge is -2.21. The van der Waals surface area contributed by atoms with Gasteiger partial charge in [-0.3, -0.25) is 9.59 Å². The van der Waals surface area contributed by atoms with Crippen LogP contribution in [0.5, 0.6) is 0 Å². The topological polar surface area (TPSA) is 49.9 Å². The number of amides is 2. The third-order valence-electron chi connectivity index (χ3n) is 2.92. The molecule has 0 aliphatic carbocycles. The van der Waals surface area contributed by atoms with Gasteiger partial charge in [-0.2, -0.15) is 0 Å². The first-order chi connectivity index (χ1) is 8.19. The summed E-state index contributed by atoms with van der Waals surface area (Å²) in [6, 6.07) is 0. The normalized spacial score (nSPS) is 17.2. The van der Waals surface area contributed by atoms with Crippen LogP contribution >= 0.6 is 0 Å². The van der Waals surface area contributed by atoms with E-state index in [0.717, 1.165) is 19.4 Å². The van der Waals surface area contributed by atoms with Crippen LogP contribution in [0.4, 0.5) is 0 Å². The van der Waals surface area contributed by atoms with E-state index in [0.29, 0.717) is 26.1 Å². The summed E-state index contributed by atoms with van der Waals surface area (Å²) in [4.78, 5) is 27.1. The SMILES string of the molecule is CCCC(=O)N1CCCN(CCOC)C(=O)C1. The fourth-order valence-electron chi connectivity index (χ4n) is 1.94. The van der Waals surface area contributed by atoms with Gasteiger partial charge in [0.15, 0.2) is 0 Å². The van der Waals surface area contributed by atoms with E-state index in [-0.39, 0.29) is 18.4 Å². The fourth-order valence-corrected chi connectivity index (χ4v) is 1.94. The van der Waals surface area contributed by atoms with Gasteiger partial charge in [-0.15, -0.1) is 0 Å². The number of ether oxygens (including phenoxy) is 1. The zero-order chi connectivity index (χ0) is 12.7. The molecule has 0 spiro atoms. The predicted octanol–water partition coefficient (Wildman–Crippen LogP) is 0.494. The molecule has 1 saturated heterocycles. The van der Waals surface area contributed by atoms with Gasteiger partial charge in [0, 0.05) is 33.2 Å². The highest BCUT2D eigenvalue weighted by atomic mass is 16.5. The van der Waals surface area contributed by atoms with Crippen molar-refractivity contribution in [3.8, 4) is 0 Å². The van der Waals surface area contributed by atoms with Crippen molar-refractivity contribution < 1.29 is 14.3 Å². The molecule has 2 amide bonds. The summed E-state index contributed by atoms with van der Waals surface area (Å²) in [6.07, 6.45) is 2.22. The molecule has 0 unspecified atom stereocenters. The molecule has 98 valence electrons. The zero-order valence-electron chi connectivity index (χ0n) is 10.8. The molecule has 17 heavy (non-hydrogen) atoms. The molecule has 1 heterocycles. The Hall–Kier alpha value is -1.10. The molecule has 0 N–H and O–H groups in total. The molecule has 5 nitrogen and oxygen atoms in total. The summed E-state index contributed by atoms with van der Waals surface area (Å²) in [5, 5.41) is 0. The summed E-state index contributed by atoms with van der Waals surface area (Å²) in [7, 11) is 1.62. The third kappa shape index (κ3) is 4.34. The van der Waals surface area contributed by atoms with Gasteiger partial charge in [-0.1, -0.05) is 6.92 Å². The lowest BCUT2D eigenvalue weighted by Crippen LogP contribution is -2.40. The first-order valence-electron chi connectivity index (χ1n) is 6.23. The van der Waals surface area contributed by atoms with E-state index in [1.165, 1.54) is 0 Å². The number of carbonyl (C=O) groups is 2. The highest BCUT2D eigenvalue weighted by molar-refractivity contribution is 5.85. The first-order valence-corrected chi connectivity index (χ1v) is 6.23. The summed E-state index contributed by atoms with van der Waals surface area (Å²) < 4.78 is 4.97. The Bertz CT molecular complexity index is 268. The molecule has 0 saturated carbocycles. The molecule has 0 radical (unpaired) electrons. The van der Waals surface area contributed by atoms with Crippen LogP contribution in [0.3, 0.4) is 0 Å². The largest absolute Gasteiger partial charge is 0.383 e. The van der Waals surface area contributed by atoms with Crippen LogP contribution in [-0.2, 0) is 14.3 Å². The summed E-state index contributed by atoms with van der Waals surface area (Å²) in [5.74, 6) is 0.124. The molecule has 1 rings (SSSR count). The van der Waals surface area contributed by atoms with Crippen molar-refractivity contribution in [3.05, 3.63) is 0 Å². The smallest absolute Gasteiger partial charge is 0.242 e. The fraction of sp³-hybridized carbons (Fsp3) is 0.833. The highest BCUT2D eigenvalue weighted by Crippen LogP contribution is 2.07. The lowest BCUT2D eigenvalue weighted by atomic mass is 10.3. The van der Waals surface area contributed by atoms with E-state index < -0.39 is 0 Å². The van der Waals surface area contributed by atoms with Gasteiger partial charge in [0.1, 0.15) is 0 Å². The van der Waals surface area contributed by atoms with Crippen molar-refractivity contribution in [2.24, 2.45) is 0 Å². The van der Waals surface area contributed by atoms with E-state index in [4.69, 9.17) is 4.74 Å². The Labute approximate surface area is 103 Å². The second kappa shape index (κ2) is 7.27. The van der Waals surface area contributed by atoms with Gasteiger partial charge in [0.25, 0.3) is 0 Å². The molecule has 0 aromatic carbocycles. The summed E-state index contributed by atoms with van der Waals surface area (Å²) in [6.45, 7) is 4.77. The van der Waals surface area contributed by atoms with Gasteiger partial charge < -0.3 is 14.5 Å². The van der Waals surface area contributed by atoms with Crippen molar-refractivity contribution in [1.29, 1.82) is 0 Å². The summed E-state index contributed by atoms with van der Waals surface area (Å²) in [5.41, 5.74) is 0. The second-order valence-electron chi connectivity index (χ2n) is 4.29. The number of methoxy groups -OCH3 is 1. The Morgan fingerprint density at radius 1 is 1.41 bits per heavy atom. The minimum Gasteiger partial charge on any atom is -0.383 e. The monoisotopic (exact) mass is 242 g/mol. The quantitative estimate of drug-likeness (QED) is 0.705. The third-order valence-corrected chi connectivity index (χ3v) is 2.92. The minimum absolute atomic E-state index is 0.0315. The predicted molar refractivity (Wildman–Crippen MR) is 64.6 cm³/mol. The second-order valence-corrected chi connectivity index (χ2v) is 4.29. The number of hydrogen-bond acceptors (Lipinski definition) is 3. The lowest BCUT2D eigenvalue weighted by molar-refractivity contribution is -0.139. The Morgan fingerprint density at radius 3 is 2.82 bits per heavy atom. The van der Waals surface area contributed by atoms with E-state index in [2.05, 4.69) is 0 Å². The van der Waals surface area contributed by atoms with Gasteiger partial charge in [0.05, 0.1) is 13.2 Å². The Balaban J connectivity index is 2.49. The van der Waals surface area contributed by atoms with Crippen LogP contribution in [0.25, 0.3) is 0 Å². The molecule has 0 atom stereocenters. The summed E-state index contributed by atoms with van der Waals surface area (Å²) >= 11 is 0. The minimum atomic E-state index is 0.0315.